The van der Waals surface area contributed by atoms with Gasteiger partial charge in [-0.05, 0) is 29.8 Å². The molecule has 0 bridgehead atoms. The number of benzene rings is 2. The van der Waals surface area contributed by atoms with Crippen LogP contribution in [0.15, 0.2) is 39.5 Å². The first kappa shape index (κ1) is 15.4. The molecule has 6 heteroatoms. The topological polar surface area (TPSA) is 67.1 Å². The highest BCUT2D eigenvalue weighted by Crippen LogP contribution is 2.43. The largest absolute Gasteiger partial charge is 0.497 e. The number of fused-ring (bicyclic) bond motifs is 5. The maximum atomic E-state index is 12.6. The zero-order chi connectivity index (χ0) is 17.6. The molecule has 0 radical (unpaired) electrons. The second-order valence-corrected chi connectivity index (χ2v) is 5.61. The molecule has 0 N–H and O–H groups in total. The predicted molar refractivity (Wildman–Crippen MR) is 91.9 cm³/mol. The first-order chi connectivity index (χ1) is 12.2. The van der Waals surface area contributed by atoms with Gasteiger partial charge in [-0.1, -0.05) is 0 Å². The lowest BCUT2D eigenvalue weighted by atomic mass is 9.96. The quantitative estimate of drug-likeness (QED) is 0.681. The van der Waals surface area contributed by atoms with Gasteiger partial charge < -0.3 is 23.4 Å². The smallest absolute Gasteiger partial charge is 0.348 e. The van der Waals surface area contributed by atoms with E-state index >= 15 is 0 Å². The van der Waals surface area contributed by atoms with Crippen LogP contribution in [0.1, 0.15) is 5.56 Å². The molecule has 4 rings (SSSR count). The van der Waals surface area contributed by atoms with Gasteiger partial charge >= 0.3 is 5.63 Å². The Morgan fingerprint density at radius 1 is 0.960 bits per heavy atom. The van der Waals surface area contributed by atoms with Crippen LogP contribution in [-0.2, 0) is 6.61 Å². The van der Waals surface area contributed by atoms with Crippen molar-refractivity contribution in [3.8, 4) is 34.1 Å². The predicted octanol–water partition coefficient (Wildman–Crippen LogP) is 3.38. The second kappa shape index (κ2) is 5.73. The molecule has 0 spiro atoms. The Labute approximate surface area is 143 Å². The molecule has 128 valence electrons. The van der Waals surface area contributed by atoms with Crippen molar-refractivity contribution in [3.63, 3.8) is 0 Å². The summed E-state index contributed by atoms with van der Waals surface area (Å²) in [6, 6.07) is 8.90. The lowest BCUT2D eigenvalue weighted by molar-refractivity contribution is 0.301. The van der Waals surface area contributed by atoms with Gasteiger partial charge in [0.15, 0.2) is 11.5 Å². The van der Waals surface area contributed by atoms with Gasteiger partial charge in [-0.15, -0.1) is 0 Å². The summed E-state index contributed by atoms with van der Waals surface area (Å²) in [5, 5.41) is 0.661. The Kier molecular flexibility index (Phi) is 3.53. The van der Waals surface area contributed by atoms with Crippen LogP contribution in [0.25, 0.3) is 22.1 Å². The maximum absolute atomic E-state index is 12.6. The van der Waals surface area contributed by atoms with Crippen molar-refractivity contribution in [1.29, 1.82) is 0 Å². The fourth-order valence-electron chi connectivity index (χ4n) is 3.09. The maximum Gasteiger partial charge on any atom is 0.348 e. The van der Waals surface area contributed by atoms with Crippen molar-refractivity contribution in [3.05, 3.63) is 46.3 Å². The minimum atomic E-state index is -0.458. The molecule has 1 aliphatic rings. The van der Waals surface area contributed by atoms with Gasteiger partial charge in [-0.25, -0.2) is 4.79 Å². The molecule has 0 aliphatic carbocycles. The molecule has 3 aromatic rings. The molecular weight excluding hydrogens is 324 g/mol. The molecule has 1 aliphatic heterocycles. The summed E-state index contributed by atoms with van der Waals surface area (Å²) in [6.45, 7) is 0.340. The zero-order valence-electron chi connectivity index (χ0n) is 14.0. The third-order valence-corrected chi connectivity index (χ3v) is 4.32. The molecule has 0 saturated carbocycles. The molecular formula is C19H16O6. The third kappa shape index (κ3) is 2.29. The van der Waals surface area contributed by atoms with E-state index in [0.717, 1.165) is 11.1 Å². The van der Waals surface area contributed by atoms with Crippen LogP contribution in [0.4, 0.5) is 0 Å². The summed E-state index contributed by atoms with van der Waals surface area (Å²) in [5.74, 6) is 2.22. The highest BCUT2D eigenvalue weighted by atomic mass is 16.5. The summed E-state index contributed by atoms with van der Waals surface area (Å²) in [5.41, 5.74) is 1.99. The van der Waals surface area contributed by atoms with Gasteiger partial charge in [0.2, 0.25) is 0 Å². The van der Waals surface area contributed by atoms with E-state index in [-0.39, 0.29) is 0 Å². The highest BCUT2D eigenvalue weighted by Gasteiger charge is 2.26. The fourth-order valence-corrected chi connectivity index (χ4v) is 3.09. The van der Waals surface area contributed by atoms with Gasteiger partial charge in [0.25, 0.3) is 0 Å². The summed E-state index contributed by atoms with van der Waals surface area (Å²) >= 11 is 0. The van der Waals surface area contributed by atoms with E-state index < -0.39 is 5.63 Å². The van der Waals surface area contributed by atoms with Crippen molar-refractivity contribution in [1.82, 2.24) is 0 Å². The first-order valence-electron chi connectivity index (χ1n) is 7.69. The average molecular weight is 340 g/mol. The van der Waals surface area contributed by atoms with Crippen molar-refractivity contribution in [2.45, 2.75) is 6.61 Å². The molecule has 0 saturated heterocycles. The molecule has 1 aromatic heterocycles. The number of methoxy groups -OCH3 is 3. The standard InChI is InChI=1S/C19H16O6/c1-21-11-4-5-12-10(6-11)9-24-18-13-7-15(22-2)16(23-3)8-14(13)25-19(20)17(12)18/h4-8H,9H2,1-3H3. The molecule has 2 aromatic carbocycles. The molecule has 6 nitrogen and oxygen atoms in total. The monoisotopic (exact) mass is 340 g/mol. The van der Waals surface area contributed by atoms with Crippen LogP contribution in [0, 0.1) is 0 Å². The van der Waals surface area contributed by atoms with Gasteiger partial charge in [0.05, 0.1) is 26.7 Å². The Morgan fingerprint density at radius 2 is 1.72 bits per heavy atom. The molecule has 2 heterocycles. The molecule has 25 heavy (non-hydrogen) atoms. The van der Waals surface area contributed by atoms with Crippen molar-refractivity contribution in [2.75, 3.05) is 21.3 Å². The van der Waals surface area contributed by atoms with E-state index in [9.17, 15) is 4.79 Å². The summed E-state index contributed by atoms with van der Waals surface area (Å²) in [6.07, 6.45) is 0. The third-order valence-electron chi connectivity index (χ3n) is 4.32. The number of hydrogen-bond acceptors (Lipinski definition) is 6. The second-order valence-electron chi connectivity index (χ2n) is 5.61. The highest BCUT2D eigenvalue weighted by molar-refractivity contribution is 5.94. The normalized spacial score (nSPS) is 12.1. The Hall–Kier alpha value is -3.15. The lowest BCUT2D eigenvalue weighted by Crippen LogP contribution is -2.14. The Bertz CT molecular complexity index is 1030. The summed E-state index contributed by atoms with van der Waals surface area (Å²) < 4.78 is 27.3. The number of ether oxygens (including phenoxy) is 4. The average Bonchev–Trinajstić information content (AvgIpc) is 2.65. The van der Waals surface area contributed by atoms with Crippen molar-refractivity contribution < 1.29 is 23.4 Å². The van der Waals surface area contributed by atoms with E-state index in [1.807, 2.05) is 18.2 Å². The van der Waals surface area contributed by atoms with Crippen LogP contribution in [-0.4, -0.2) is 21.3 Å². The van der Waals surface area contributed by atoms with Gasteiger partial charge in [0.1, 0.15) is 29.3 Å². The van der Waals surface area contributed by atoms with Crippen molar-refractivity contribution >= 4 is 11.0 Å². The lowest BCUT2D eigenvalue weighted by Gasteiger charge is -2.21. The van der Waals surface area contributed by atoms with E-state index in [2.05, 4.69) is 0 Å². The minimum Gasteiger partial charge on any atom is -0.497 e. The van der Waals surface area contributed by atoms with E-state index in [4.69, 9.17) is 23.4 Å². The Balaban J connectivity index is 2.03. The summed E-state index contributed by atoms with van der Waals surface area (Å²) in [4.78, 5) is 12.6. The van der Waals surface area contributed by atoms with Crippen LogP contribution in [0.5, 0.6) is 23.0 Å². The SMILES string of the molecule is COc1ccc2c(c1)COc1c-2c(=O)oc2cc(OC)c(OC)cc12. The van der Waals surface area contributed by atoms with Crippen LogP contribution in [0.2, 0.25) is 0 Å². The van der Waals surface area contributed by atoms with Crippen LogP contribution in [0.3, 0.4) is 0 Å². The van der Waals surface area contributed by atoms with Gasteiger partial charge in [-0.2, -0.15) is 0 Å². The molecule has 0 amide bonds. The Morgan fingerprint density at radius 3 is 2.44 bits per heavy atom. The van der Waals surface area contributed by atoms with Crippen LogP contribution < -0.4 is 24.6 Å². The van der Waals surface area contributed by atoms with Crippen LogP contribution >= 0.6 is 0 Å². The minimum absolute atomic E-state index is 0.340. The van der Waals surface area contributed by atoms with Gasteiger partial charge in [-0.3, -0.25) is 0 Å². The first-order valence-corrected chi connectivity index (χ1v) is 7.69. The molecule has 0 unspecified atom stereocenters. The van der Waals surface area contributed by atoms with E-state index in [1.165, 1.54) is 7.11 Å². The zero-order valence-corrected chi connectivity index (χ0v) is 14.0. The fraction of sp³-hybridized carbons (Fsp3) is 0.211. The van der Waals surface area contributed by atoms with Gasteiger partial charge in [0, 0.05) is 11.6 Å². The molecule has 0 atom stereocenters. The van der Waals surface area contributed by atoms with E-state index in [0.29, 0.717) is 46.1 Å². The summed E-state index contributed by atoms with van der Waals surface area (Å²) in [7, 11) is 4.68. The number of rotatable bonds is 3. The van der Waals surface area contributed by atoms with Crippen molar-refractivity contribution in [2.24, 2.45) is 0 Å². The van der Waals surface area contributed by atoms with E-state index in [1.54, 1.807) is 26.4 Å². The molecule has 0 fully saturated rings. The number of hydrogen-bond donors (Lipinski definition) is 0.